The number of hydrogen-bond donors (Lipinski definition) is 0. The van der Waals surface area contributed by atoms with Crippen molar-refractivity contribution in [1.29, 1.82) is 0 Å². The molecule has 1 rings (SSSR count). The van der Waals surface area contributed by atoms with Gasteiger partial charge in [-0.2, -0.15) is 0 Å². The molecule has 0 aromatic heterocycles. The zero-order chi connectivity index (χ0) is 12.0. The lowest BCUT2D eigenvalue weighted by molar-refractivity contribution is -0.148. The van der Waals surface area contributed by atoms with E-state index in [1.54, 1.807) is 13.4 Å². The molecular weight excluding hydrogens is 212 g/mol. The van der Waals surface area contributed by atoms with Gasteiger partial charge in [0.1, 0.15) is 19.0 Å². The Morgan fingerprint density at radius 2 is 2.38 bits per heavy atom. The molecule has 92 valence electrons. The summed E-state index contributed by atoms with van der Waals surface area (Å²) in [4.78, 5) is 10.9. The molecule has 0 aromatic rings. The van der Waals surface area contributed by atoms with E-state index >= 15 is 0 Å². The van der Waals surface area contributed by atoms with Crippen LogP contribution in [0.25, 0.3) is 0 Å². The summed E-state index contributed by atoms with van der Waals surface area (Å²) in [5, 5.41) is 0. The van der Waals surface area contributed by atoms with Crippen LogP contribution in [0.3, 0.4) is 0 Å². The Bertz CT molecular complexity index is 261. The Balaban J connectivity index is 2.39. The van der Waals surface area contributed by atoms with Gasteiger partial charge in [0, 0.05) is 26.0 Å². The lowest BCUT2D eigenvalue weighted by Crippen LogP contribution is -2.32. The molecule has 0 saturated heterocycles. The Morgan fingerprint density at radius 3 is 3.00 bits per heavy atom. The molecule has 0 unspecified atom stereocenters. The number of ether oxygens (including phenoxy) is 4. The first-order valence-electron chi connectivity index (χ1n) is 5.19. The molecule has 0 radical (unpaired) electrons. The molecule has 5 nitrogen and oxygen atoms in total. The average Bonchev–Trinajstić information content (AvgIpc) is 2.22. The van der Waals surface area contributed by atoms with E-state index in [2.05, 4.69) is 0 Å². The monoisotopic (exact) mass is 230 g/mol. The van der Waals surface area contributed by atoms with Crippen LogP contribution < -0.4 is 0 Å². The lowest BCUT2D eigenvalue weighted by atomic mass is 10.0. The van der Waals surface area contributed by atoms with Gasteiger partial charge in [-0.1, -0.05) is 0 Å². The van der Waals surface area contributed by atoms with Crippen molar-refractivity contribution in [2.75, 3.05) is 20.5 Å². The number of hydrogen-bond acceptors (Lipinski definition) is 5. The van der Waals surface area contributed by atoms with Crippen LogP contribution in [-0.2, 0) is 23.7 Å². The van der Waals surface area contributed by atoms with Gasteiger partial charge in [0.15, 0.2) is 0 Å². The van der Waals surface area contributed by atoms with Crippen LogP contribution in [0.15, 0.2) is 11.8 Å². The second-order valence-corrected chi connectivity index (χ2v) is 3.73. The summed E-state index contributed by atoms with van der Waals surface area (Å²) in [7, 11) is 1.56. The van der Waals surface area contributed by atoms with Gasteiger partial charge in [0.2, 0.25) is 0 Å². The van der Waals surface area contributed by atoms with Crippen molar-refractivity contribution in [3.63, 3.8) is 0 Å². The Kier molecular flexibility index (Phi) is 5.28. The van der Waals surface area contributed by atoms with Crippen LogP contribution in [-0.4, -0.2) is 38.7 Å². The van der Waals surface area contributed by atoms with E-state index < -0.39 is 0 Å². The summed E-state index contributed by atoms with van der Waals surface area (Å²) >= 11 is 0. The van der Waals surface area contributed by atoms with Gasteiger partial charge < -0.3 is 18.9 Å². The van der Waals surface area contributed by atoms with E-state index in [9.17, 15) is 4.79 Å². The molecule has 1 aliphatic rings. The molecule has 16 heavy (non-hydrogen) atoms. The van der Waals surface area contributed by atoms with E-state index in [1.165, 1.54) is 6.92 Å². The summed E-state index contributed by atoms with van der Waals surface area (Å²) in [6.07, 6.45) is 1.94. The highest BCUT2D eigenvalue weighted by atomic mass is 16.7. The van der Waals surface area contributed by atoms with Crippen LogP contribution in [0.1, 0.15) is 20.3 Å². The minimum atomic E-state index is -0.281. The van der Waals surface area contributed by atoms with Crippen molar-refractivity contribution >= 4 is 5.97 Å². The third-order valence-corrected chi connectivity index (χ3v) is 2.24. The minimum Gasteiger partial charge on any atom is -0.495 e. The standard InChI is InChI=1S/C11H18O5/c1-8-5-15-10(6-14-7-13-3)4-11(8)16-9(2)12/h5,10-11H,4,6-7H2,1-3H3/t10-,11-/m0/s1. The summed E-state index contributed by atoms with van der Waals surface area (Å²) in [6, 6.07) is 0. The van der Waals surface area contributed by atoms with E-state index in [1.807, 2.05) is 6.92 Å². The zero-order valence-electron chi connectivity index (χ0n) is 9.89. The van der Waals surface area contributed by atoms with Crippen LogP contribution in [0, 0.1) is 0 Å². The van der Waals surface area contributed by atoms with E-state index in [4.69, 9.17) is 18.9 Å². The van der Waals surface area contributed by atoms with E-state index in [-0.39, 0.29) is 25.0 Å². The van der Waals surface area contributed by atoms with Crippen LogP contribution >= 0.6 is 0 Å². The van der Waals surface area contributed by atoms with Gasteiger partial charge in [0.25, 0.3) is 0 Å². The SMILES string of the molecule is COCOC[C@@H]1C[C@H](OC(C)=O)C(C)=CO1. The Morgan fingerprint density at radius 1 is 1.62 bits per heavy atom. The molecule has 0 aromatic carbocycles. The maximum atomic E-state index is 10.9. The molecule has 1 heterocycles. The van der Waals surface area contributed by atoms with Crippen molar-refractivity contribution < 1.29 is 23.7 Å². The normalized spacial score (nSPS) is 24.6. The predicted molar refractivity (Wildman–Crippen MR) is 56.6 cm³/mol. The Hall–Kier alpha value is -1.07. The summed E-state index contributed by atoms with van der Waals surface area (Å²) in [5.74, 6) is -0.281. The largest absolute Gasteiger partial charge is 0.495 e. The molecule has 0 fully saturated rings. The fourth-order valence-corrected chi connectivity index (χ4v) is 1.47. The topological polar surface area (TPSA) is 54.0 Å². The van der Waals surface area contributed by atoms with Gasteiger partial charge in [-0.25, -0.2) is 0 Å². The molecule has 0 aliphatic carbocycles. The van der Waals surface area contributed by atoms with Crippen LogP contribution in [0.2, 0.25) is 0 Å². The summed E-state index contributed by atoms with van der Waals surface area (Å²) in [5.41, 5.74) is 0.915. The average molecular weight is 230 g/mol. The smallest absolute Gasteiger partial charge is 0.303 e. The maximum absolute atomic E-state index is 10.9. The fourth-order valence-electron chi connectivity index (χ4n) is 1.47. The first kappa shape index (κ1) is 13.0. The summed E-state index contributed by atoms with van der Waals surface area (Å²) < 4.78 is 20.5. The maximum Gasteiger partial charge on any atom is 0.303 e. The molecule has 2 atom stereocenters. The quantitative estimate of drug-likeness (QED) is 0.404. The van der Waals surface area contributed by atoms with Gasteiger partial charge in [0.05, 0.1) is 12.9 Å². The fraction of sp³-hybridized carbons (Fsp3) is 0.727. The molecule has 0 spiro atoms. The number of methoxy groups -OCH3 is 1. The molecule has 0 amide bonds. The molecule has 0 bridgehead atoms. The molecule has 5 heteroatoms. The third kappa shape index (κ3) is 4.20. The van der Waals surface area contributed by atoms with Gasteiger partial charge in [-0.05, 0) is 6.92 Å². The molecular formula is C11H18O5. The van der Waals surface area contributed by atoms with E-state index in [0.717, 1.165) is 5.57 Å². The molecule has 0 N–H and O–H groups in total. The second kappa shape index (κ2) is 6.50. The second-order valence-electron chi connectivity index (χ2n) is 3.73. The van der Waals surface area contributed by atoms with Crippen molar-refractivity contribution in [3.8, 4) is 0 Å². The first-order valence-corrected chi connectivity index (χ1v) is 5.19. The molecule has 0 saturated carbocycles. The van der Waals surface area contributed by atoms with Crippen molar-refractivity contribution in [3.05, 3.63) is 11.8 Å². The first-order chi connectivity index (χ1) is 7.63. The lowest BCUT2D eigenvalue weighted by Gasteiger charge is -2.28. The van der Waals surface area contributed by atoms with Gasteiger partial charge in [-0.15, -0.1) is 0 Å². The highest BCUT2D eigenvalue weighted by molar-refractivity contribution is 5.66. The van der Waals surface area contributed by atoms with E-state index in [0.29, 0.717) is 13.0 Å². The van der Waals surface area contributed by atoms with Crippen LogP contribution in [0.4, 0.5) is 0 Å². The summed E-state index contributed by atoms with van der Waals surface area (Å²) in [6.45, 7) is 3.94. The molecule has 1 aliphatic heterocycles. The van der Waals surface area contributed by atoms with Crippen molar-refractivity contribution in [1.82, 2.24) is 0 Å². The minimum absolute atomic E-state index is 0.0943. The predicted octanol–water partition coefficient (Wildman–Crippen LogP) is 1.23. The number of rotatable bonds is 5. The number of carbonyl (C=O) groups is 1. The van der Waals surface area contributed by atoms with Crippen LogP contribution in [0.5, 0.6) is 0 Å². The third-order valence-electron chi connectivity index (χ3n) is 2.24. The number of carbonyl (C=O) groups excluding carboxylic acids is 1. The highest BCUT2D eigenvalue weighted by Gasteiger charge is 2.25. The van der Waals surface area contributed by atoms with Gasteiger partial charge >= 0.3 is 5.97 Å². The van der Waals surface area contributed by atoms with Crippen molar-refractivity contribution in [2.24, 2.45) is 0 Å². The number of esters is 1. The highest BCUT2D eigenvalue weighted by Crippen LogP contribution is 2.21. The van der Waals surface area contributed by atoms with Crippen molar-refractivity contribution in [2.45, 2.75) is 32.5 Å². The van der Waals surface area contributed by atoms with Gasteiger partial charge in [-0.3, -0.25) is 4.79 Å². The Labute approximate surface area is 95.3 Å². The zero-order valence-corrected chi connectivity index (χ0v) is 9.89.